The van der Waals surface area contributed by atoms with Crippen molar-refractivity contribution in [1.29, 1.82) is 5.26 Å². The molecule has 2 nitrogen and oxygen atoms in total. The molecule has 0 saturated carbocycles. The van der Waals surface area contributed by atoms with Gasteiger partial charge in [-0.15, -0.1) is 11.3 Å². The Morgan fingerprint density at radius 3 is 2.12 bits per heavy atom. The molecule has 8 rings (SSSR count). The molecule has 0 N–H and O–H groups in total. The molecule has 0 spiro atoms. The number of hydrogen-bond acceptors (Lipinski definition) is 3. The van der Waals surface area contributed by atoms with Gasteiger partial charge in [0, 0.05) is 36.5 Å². The zero-order valence-electron chi connectivity index (χ0n) is 21.4. The van der Waals surface area contributed by atoms with E-state index in [0.29, 0.717) is 5.56 Å². The van der Waals surface area contributed by atoms with E-state index in [0.717, 1.165) is 49.8 Å². The maximum Gasteiger partial charge on any atom is 0.135 e. The Bertz CT molecular complexity index is 2300. The summed E-state index contributed by atoms with van der Waals surface area (Å²) in [6.07, 6.45) is 0. The lowest BCUT2D eigenvalue weighted by molar-refractivity contribution is 0.669. The molecule has 0 aliphatic carbocycles. The molecule has 0 unspecified atom stereocenters. The summed E-state index contributed by atoms with van der Waals surface area (Å²) < 4.78 is 8.66. The lowest BCUT2D eigenvalue weighted by Gasteiger charge is -2.18. The zero-order valence-corrected chi connectivity index (χ0v) is 22.2. The molecule has 0 atom stereocenters. The van der Waals surface area contributed by atoms with Gasteiger partial charge in [-0.05, 0) is 64.2 Å². The fraction of sp³-hybridized carbons (Fsp3) is 0. The first-order valence-electron chi connectivity index (χ1n) is 13.2. The Hall–Kier alpha value is -5.17. The van der Waals surface area contributed by atoms with Gasteiger partial charge >= 0.3 is 0 Å². The van der Waals surface area contributed by atoms with Gasteiger partial charge in [0.1, 0.15) is 11.2 Å². The van der Waals surface area contributed by atoms with E-state index in [1.807, 2.05) is 47.7 Å². The van der Waals surface area contributed by atoms with Crippen molar-refractivity contribution < 1.29 is 4.42 Å². The molecule has 0 fully saturated rings. The molecule has 2 aromatic heterocycles. The Morgan fingerprint density at radius 2 is 1.20 bits per heavy atom. The molecule has 40 heavy (non-hydrogen) atoms. The Morgan fingerprint density at radius 1 is 0.525 bits per heavy atom. The highest BCUT2D eigenvalue weighted by Gasteiger charge is 2.20. The molecule has 0 radical (unpaired) electrons. The SMILES string of the molecule is N#Cc1ccccc1-c1c(-c2ccc3oc4ccccc4c3c2)cccc1-c1cccc2sc3ccccc3c12. The molecule has 8 aromatic rings. The maximum atomic E-state index is 10.2. The molecule has 2 heterocycles. The summed E-state index contributed by atoms with van der Waals surface area (Å²) in [4.78, 5) is 0. The summed E-state index contributed by atoms with van der Waals surface area (Å²) in [7, 11) is 0. The number of thiophene rings is 1. The van der Waals surface area contributed by atoms with Crippen LogP contribution < -0.4 is 0 Å². The van der Waals surface area contributed by atoms with Crippen molar-refractivity contribution in [2.75, 3.05) is 0 Å². The van der Waals surface area contributed by atoms with Crippen molar-refractivity contribution in [3.05, 3.63) is 133 Å². The fourth-order valence-electron chi connectivity index (χ4n) is 6.00. The highest BCUT2D eigenvalue weighted by atomic mass is 32.1. The predicted molar refractivity (Wildman–Crippen MR) is 168 cm³/mol. The summed E-state index contributed by atoms with van der Waals surface area (Å²) in [6.45, 7) is 0. The molecule has 0 amide bonds. The number of furan rings is 1. The highest BCUT2D eigenvalue weighted by molar-refractivity contribution is 7.25. The van der Waals surface area contributed by atoms with E-state index in [9.17, 15) is 5.26 Å². The normalized spacial score (nSPS) is 11.5. The van der Waals surface area contributed by atoms with Crippen LogP contribution in [0.25, 0.3) is 75.5 Å². The van der Waals surface area contributed by atoms with E-state index in [1.54, 1.807) is 0 Å². The van der Waals surface area contributed by atoms with Crippen molar-refractivity contribution >= 4 is 53.4 Å². The van der Waals surface area contributed by atoms with Gasteiger partial charge in [0.15, 0.2) is 0 Å². The Labute approximate surface area is 235 Å². The first kappa shape index (κ1) is 22.8. The largest absolute Gasteiger partial charge is 0.456 e. The topological polar surface area (TPSA) is 36.9 Å². The second-order valence-electron chi connectivity index (χ2n) is 9.97. The minimum atomic E-state index is 0.661. The van der Waals surface area contributed by atoms with Crippen LogP contribution in [-0.2, 0) is 0 Å². The van der Waals surface area contributed by atoms with Crippen LogP contribution in [0.3, 0.4) is 0 Å². The van der Waals surface area contributed by atoms with Crippen molar-refractivity contribution in [1.82, 2.24) is 0 Å². The number of benzene rings is 6. The first-order chi connectivity index (χ1) is 19.8. The number of nitrogens with zero attached hydrogens (tertiary/aromatic N) is 1. The molecule has 0 saturated heterocycles. The van der Waals surface area contributed by atoms with Gasteiger partial charge in [0.25, 0.3) is 0 Å². The minimum Gasteiger partial charge on any atom is -0.456 e. The molecular formula is C37H21NOS. The predicted octanol–water partition coefficient (Wildman–Crippen LogP) is 10.8. The highest BCUT2D eigenvalue weighted by Crippen LogP contribution is 2.46. The van der Waals surface area contributed by atoms with Crippen LogP contribution in [0.5, 0.6) is 0 Å². The van der Waals surface area contributed by atoms with E-state index in [-0.39, 0.29) is 0 Å². The quantitative estimate of drug-likeness (QED) is 0.229. The van der Waals surface area contributed by atoms with Gasteiger partial charge in [-0.1, -0.05) is 91.0 Å². The fourth-order valence-corrected chi connectivity index (χ4v) is 7.13. The third-order valence-corrected chi connectivity index (χ3v) is 8.90. The molecule has 0 aliphatic rings. The Balaban J connectivity index is 1.48. The smallest absolute Gasteiger partial charge is 0.135 e. The molecule has 6 aromatic carbocycles. The second kappa shape index (κ2) is 8.95. The summed E-state index contributed by atoms with van der Waals surface area (Å²) in [5.74, 6) is 0. The third kappa shape index (κ3) is 3.41. The summed E-state index contributed by atoms with van der Waals surface area (Å²) in [5, 5.41) is 14.9. The number of nitriles is 1. The lowest BCUT2D eigenvalue weighted by Crippen LogP contribution is -1.93. The van der Waals surface area contributed by atoms with E-state index in [2.05, 4.69) is 97.1 Å². The summed E-state index contributed by atoms with van der Waals surface area (Å²) in [6, 6.07) is 46.6. The zero-order chi connectivity index (χ0) is 26.6. The second-order valence-corrected chi connectivity index (χ2v) is 11.1. The van der Waals surface area contributed by atoms with Crippen molar-refractivity contribution in [2.24, 2.45) is 0 Å². The summed E-state index contributed by atoms with van der Waals surface area (Å²) in [5.41, 5.74) is 8.88. The molecule has 0 bridgehead atoms. The van der Waals surface area contributed by atoms with Crippen LogP contribution >= 0.6 is 11.3 Å². The monoisotopic (exact) mass is 527 g/mol. The van der Waals surface area contributed by atoms with E-state index >= 15 is 0 Å². The molecule has 186 valence electrons. The van der Waals surface area contributed by atoms with Crippen molar-refractivity contribution in [3.8, 4) is 39.4 Å². The standard InChI is InChI=1S/C37H21NOS/c38-22-24-9-1-2-10-26(24)36-25(23-19-20-33-31(21-23)27-11-3-5-16-32(27)39-33)13-7-14-28(36)29-15-8-18-35-37(29)30-12-4-6-17-34(30)40-35/h1-21H. The Kier molecular flexibility index (Phi) is 5.10. The van der Waals surface area contributed by atoms with Crippen molar-refractivity contribution in [2.45, 2.75) is 0 Å². The van der Waals surface area contributed by atoms with E-state index in [4.69, 9.17) is 4.42 Å². The third-order valence-electron chi connectivity index (χ3n) is 7.76. The summed E-state index contributed by atoms with van der Waals surface area (Å²) >= 11 is 1.82. The van der Waals surface area contributed by atoms with Gasteiger partial charge in [-0.25, -0.2) is 0 Å². The van der Waals surface area contributed by atoms with Gasteiger partial charge in [-0.2, -0.15) is 5.26 Å². The number of rotatable bonds is 3. The molecular weight excluding hydrogens is 506 g/mol. The van der Waals surface area contributed by atoms with E-state index < -0.39 is 0 Å². The number of fused-ring (bicyclic) bond motifs is 6. The van der Waals surface area contributed by atoms with Crippen LogP contribution in [-0.4, -0.2) is 0 Å². The van der Waals surface area contributed by atoms with E-state index in [1.165, 1.54) is 25.7 Å². The van der Waals surface area contributed by atoms with Crippen molar-refractivity contribution in [3.63, 3.8) is 0 Å². The number of hydrogen-bond donors (Lipinski definition) is 0. The average molecular weight is 528 g/mol. The molecule has 0 aliphatic heterocycles. The first-order valence-corrected chi connectivity index (χ1v) is 14.1. The number of para-hydroxylation sites is 1. The van der Waals surface area contributed by atoms with Crippen LogP contribution in [0.4, 0.5) is 0 Å². The van der Waals surface area contributed by atoms with Gasteiger partial charge < -0.3 is 4.42 Å². The van der Waals surface area contributed by atoms with Crippen LogP contribution in [0.2, 0.25) is 0 Å². The van der Waals surface area contributed by atoms with Gasteiger partial charge in [-0.3, -0.25) is 0 Å². The molecule has 3 heteroatoms. The van der Waals surface area contributed by atoms with Gasteiger partial charge in [0.2, 0.25) is 0 Å². The van der Waals surface area contributed by atoms with Gasteiger partial charge in [0.05, 0.1) is 11.6 Å². The maximum absolute atomic E-state index is 10.2. The minimum absolute atomic E-state index is 0.661. The average Bonchev–Trinajstić information content (AvgIpc) is 3.58. The van der Waals surface area contributed by atoms with Crippen LogP contribution in [0.15, 0.2) is 132 Å². The van der Waals surface area contributed by atoms with Crippen LogP contribution in [0.1, 0.15) is 5.56 Å². The lowest BCUT2D eigenvalue weighted by atomic mass is 9.84. The van der Waals surface area contributed by atoms with Crippen LogP contribution in [0, 0.1) is 11.3 Å².